The summed E-state index contributed by atoms with van der Waals surface area (Å²) in [6, 6.07) is 0. The summed E-state index contributed by atoms with van der Waals surface area (Å²) >= 11 is 0. The Bertz CT molecular complexity index is 112. The van der Waals surface area contributed by atoms with Crippen molar-refractivity contribution in [2.75, 3.05) is 6.54 Å². The van der Waals surface area contributed by atoms with E-state index in [9.17, 15) is 0 Å². The van der Waals surface area contributed by atoms with Crippen LogP contribution in [0.25, 0.3) is 0 Å². The van der Waals surface area contributed by atoms with E-state index in [1.165, 1.54) is 19.3 Å². The molecular formula is C8H15N. The third-order valence-electron chi connectivity index (χ3n) is 2.51. The van der Waals surface area contributed by atoms with Gasteiger partial charge in [-0.1, -0.05) is 13.8 Å². The van der Waals surface area contributed by atoms with Crippen molar-refractivity contribution in [1.29, 1.82) is 0 Å². The summed E-state index contributed by atoms with van der Waals surface area (Å²) in [6.07, 6.45) is 5.95. The molecule has 0 amide bonds. The van der Waals surface area contributed by atoms with Gasteiger partial charge in [0.1, 0.15) is 0 Å². The van der Waals surface area contributed by atoms with E-state index in [1.807, 2.05) is 0 Å². The molecule has 1 nitrogen and oxygen atoms in total. The number of hydrogen-bond donors (Lipinski definition) is 0. The van der Waals surface area contributed by atoms with Crippen molar-refractivity contribution in [3.05, 3.63) is 0 Å². The largest absolute Gasteiger partial charge is 0.297 e. The summed E-state index contributed by atoms with van der Waals surface area (Å²) in [6.45, 7) is 5.56. The van der Waals surface area contributed by atoms with Gasteiger partial charge in [0, 0.05) is 18.2 Å². The van der Waals surface area contributed by atoms with E-state index in [0.717, 1.165) is 6.54 Å². The molecule has 1 rings (SSSR count). The molecule has 0 spiro atoms. The molecule has 0 radical (unpaired) electrons. The Morgan fingerprint density at radius 1 is 1.44 bits per heavy atom. The Labute approximate surface area is 57.2 Å². The van der Waals surface area contributed by atoms with E-state index >= 15 is 0 Å². The molecule has 0 bridgehead atoms. The van der Waals surface area contributed by atoms with Crippen LogP contribution in [-0.2, 0) is 0 Å². The van der Waals surface area contributed by atoms with Gasteiger partial charge in [-0.05, 0) is 19.3 Å². The minimum atomic E-state index is 0.486. The maximum absolute atomic E-state index is 4.25. The zero-order chi connectivity index (χ0) is 6.74. The van der Waals surface area contributed by atoms with Crippen molar-refractivity contribution in [3.8, 4) is 0 Å². The third-order valence-corrected chi connectivity index (χ3v) is 2.51. The molecule has 1 heterocycles. The lowest BCUT2D eigenvalue weighted by Gasteiger charge is -2.20. The first-order chi connectivity index (χ1) is 4.33. The summed E-state index contributed by atoms with van der Waals surface area (Å²) in [5.41, 5.74) is 0.486. The zero-order valence-electron chi connectivity index (χ0n) is 6.35. The van der Waals surface area contributed by atoms with Crippen molar-refractivity contribution in [2.24, 2.45) is 10.4 Å². The van der Waals surface area contributed by atoms with Gasteiger partial charge < -0.3 is 0 Å². The van der Waals surface area contributed by atoms with Crippen molar-refractivity contribution in [2.45, 2.75) is 33.1 Å². The molecule has 52 valence electrons. The summed E-state index contributed by atoms with van der Waals surface area (Å²) in [4.78, 5) is 4.25. The molecule has 0 aromatic heterocycles. The molecule has 0 aliphatic carbocycles. The number of nitrogens with zero attached hydrogens (tertiary/aromatic N) is 1. The quantitative estimate of drug-likeness (QED) is 0.537. The molecule has 9 heavy (non-hydrogen) atoms. The second kappa shape index (κ2) is 2.51. The molecule has 0 aromatic carbocycles. The zero-order valence-corrected chi connectivity index (χ0v) is 6.35. The summed E-state index contributed by atoms with van der Waals surface area (Å²) in [7, 11) is 0. The highest BCUT2D eigenvalue weighted by Crippen LogP contribution is 2.31. The van der Waals surface area contributed by atoms with E-state index in [-0.39, 0.29) is 0 Å². The van der Waals surface area contributed by atoms with Gasteiger partial charge in [-0.2, -0.15) is 0 Å². The predicted molar refractivity (Wildman–Crippen MR) is 41.0 cm³/mol. The maximum atomic E-state index is 4.25. The van der Waals surface area contributed by atoms with Gasteiger partial charge in [-0.15, -0.1) is 0 Å². The standard InChI is InChI=1S/C8H15N/c1-3-8(4-2)5-6-9-7-8/h7H,3-6H2,1-2H3. The number of aliphatic imine (C=N–C) groups is 1. The first-order valence-electron chi connectivity index (χ1n) is 3.84. The molecule has 0 fully saturated rings. The van der Waals surface area contributed by atoms with Crippen LogP contribution in [0.3, 0.4) is 0 Å². The average Bonchev–Trinajstić information content (AvgIpc) is 2.36. The van der Waals surface area contributed by atoms with Crippen LogP contribution in [0.4, 0.5) is 0 Å². The lowest BCUT2D eigenvalue weighted by molar-refractivity contribution is 0.395. The first-order valence-corrected chi connectivity index (χ1v) is 3.84. The van der Waals surface area contributed by atoms with E-state index < -0.39 is 0 Å². The van der Waals surface area contributed by atoms with Crippen molar-refractivity contribution < 1.29 is 0 Å². The first kappa shape index (κ1) is 6.79. The van der Waals surface area contributed by atoms with E-state index in [1.54, 1.807) is 0 Å². The highest BCUT2D eigenvalue weighted by atomic mass is 14.8. The van der Waals surface area contributed by atoms with E-state index in [0.29, 0.717) is 5.41 Å². The Kier molecular flexibility index (Phi) is 1.89. The molecule has 0 N–H and O–H groups in total. The molecular weight excluding hydrogens is 110 g/mol. The third kappa shape index (κ3) is 1.15. The van der Waals surface area contributed by atoms with Crippen LogP contribution in [0, 0.1) is 5.41 Å². The molecule has 0 aromatic rings. The summed E-state index contributed by atoms with van der Waals surface area (Å²) < 4.78 is 0. The minimum Gasteiger partial charge on any atom is -0.297 e. The molecule has 0 saturated carbocycles. The van der Waals surface area contributed by atoms with Crippen LogP contribution >= 0.6 is 0 Å². The van der Waals surface area contributed by atoms with Crippen LogP contribution in [0.5, 0.6) is 0 Å². The van der Waals surface area contributed by atoms with Crippen molar-refractivity contribution in [3.63, 3.8) is 0 Å². The fraction of sp³-hybridized carbons (Fsp3) is 0.875. The molecule has 0 atom stereocenters. The average molecular weight is 125 g/mol. The van der Waals surface area contributed by atoms with Gasteiger partial charge in [0.2, 0.25) is 0 Å². The van der Waals surface area contributed by atoms with Crippen molar-refractivity contribution in [1.82, 2.24) is 0 Å². The fourth-order valence-electron chi connectivity index (χ4n) is 1.40. The monoisotopic (exact) mass is 125 g/mol. The Hall–Kier alpha value is -0.330. The minimum absolute atomic E-state index is 0.486. The number of rotatable bonds is 2. The molecule has 1 aliphatic rings. The highest BCUT2D eigenvalue weighted by molar-refractivity contribution is 5.67. The Morgan fingerprint density at radius 3 is 2.33 bits per heavy atom. The molecule has 0 unspecified atom stereocenters. The van der Waals surface area contributed by atoms with Gasteiger partial charge in [0.05, 0.1) is 0 Å². The predicted octanol–water partition coefficient (Wildman–Crippen LogP) is 2.27. The van der Waals surface area contributed by atoms with Crippen LogP contribution < -0.4 is 0 Å². The van der Waals surface area contributed by atoms with Crippen LogP contribution in [0.2, 0.25) is 0 Å². The smallest absolute Gasteiger partial charge is 0.0394 e. The Morgan fingerprint density at radius 2 is 2.11 bits per heavy atom. The summed E-state index contributed by atoms with van der Waals surface area (Å²) in [5, 5.41) is 0. The van der Waals surface area contributed by atoms with Gasteiger partial charge in [0.15, 0.2) is 0 Å². The lowest BCUT2D eigenvalue weighted by atomic mass is 9.82. The highest BCUT2D eigenvalue weighted by Gasteiger charge is 2.26. The van der Waals surface area contributed by atoms with Crippen LogP contribution in [-0.4, -0.2) is 12.8 Å². The molecule has 1 heteroatoms. The number of hydrogen-bond acceptors (Lipinski definition) is 1. The van der Waals surface area contributed by atoms with Crippen molar-refractivity contribution >= 4 is 6.21 Å². The lowest BCUT2D eigenvalue weighted by Crippen LogP contribution is -2.16. The normalized spacial score (nSPS) is 22.9. The fourth-order valence-corrected chi connectivity index (χ4v) is 1.40. The van der Waals surface area contributed by atoms with E-state index in [4.69, 9.17) is 0 Å². The van der Waals surface area contributed by atoms with Gasteiger partial charge in [-0.25, -0.2) is 0 Å². The summed E-state index contributed by atoms with van der Waals surface area (Å²) in [5.74, 6) is 0. The van der Waals surface area contributed by atoms with Gasteiger partial charge >= 0.3 is 0 Å². The maximum Gasteiger partial charge on any atom is 0.0394 e. The van der Waals surface area contributed by atoms with E-state index in [2.05, 4.69) is 25.1 Å². The second-order valence-corrected chi connectivity index (χ2v) is 2.85. The second-order valence-electron chi connectivity index (χ2n) is 2.85. The molecule has 0 saturated heterocycles. The van der Waals surface area contributed by atoms with Crippen LogP contribution in [0.1, 0.15) is 33.1 Å². The Balaban J connectivity index is 2.57. The van der Waals surface area contributed by atoms with Crippen LogP contribution in [0.15, 0.2) is 4.99 Å². The molecule has 1 aliphatic heterocycles. The van der Waals surface area contributed by atoms with Gasteiger partial charge in [0.25, 0.3) is 0 Å². The SMILES string of the molecule is CCC1(CC)C=NCC1. The topological polar surface area (TPSA) is 12.4 Å². The van der Waals surface area contributed by atoms with Gasteiger partial charge in [-0.3, -0.25) is 4.99 Å².